The molecule has 0 N–H and O–H groups in total. The van der Waals surface area contributed by atoms with Gasteiger partial charge in [0.05, 0.1) is 13.0 Å². The quantitative estimate of drug-likeness (QED) is 0.0687. The smallest absolute Gasteiger partial charge is 0.307 e. The highest BCUT2D eigenvalue weighted by molar-refractivity contribution is 6.15. The first-order valence-corrected chi connectivity index (χ1v) is 15.5. The molecule has 0 saturated carbocycles. The number of allylic oxidation sites excluding steroid dienone is 2. The molecule has 3 aromatic carbocycles. The third kappa shape index (κ3) is 9.17. The van der Waals surface area contributed by atoms with E-state index in [1.54, 1.807) is 0 Å². The van der Waals surface area contributed by atoms with E-state index >= 15 is 0 Å². The molecule has 0 saturated heterocycles. The molecule has 0 bridgehead atoms. The molecular weight excluding hydrogens is 530 g/mol. The van der Waals surface area contributed by atoms with Gasteiger partial charge in [-0.1, -0.05) is 88.1 Å². The second-order valence-electron chi connectivity index (χ2n) is 11.5. The minimum Gasteiger partial charge on any atom is -0.466 e. The third-order valence-electron chi connectivity index (χ3n) is 7.66. The van der Waals surface area contributed by atoms with E-state index in [1.165, 1.54) is 25.7 Å². The van der Waals surface area contributed by atoms with E-state index in [4.69, 9.17) is 4.74 Å². The average Bonchev–Trinajstić information content (AvgIpc) is 3.31. The number of carbonyl (C=O) groups is 2. The SMILES string of the molecule is C=C(C)c1ccc2c(c1)c1cc(C(=O)c3ccccc3C)ccc1n2CCC(=O)OCCCCCCCC.C=C=C(C)C. The van der Waals surface area contributed by atoms with Crippen molar-refractivity contribution in [1.29, 1.82) is 0 Å². The minimum absolute atomic E-state index is 0.0141. The van der Waals surface area contributed by atoms with Crippen LogP contribution in [0.25, 0.3) is 27.4 Å². The number of nitrogens with zero attached hydrogens (tertiary/aromatic N) is 1. The molecule has 0 aliphatic carbocycles. The van der Waals surface area contributed by atoms with Crippen molar-refractivity contribution in [2.75, 3.05) is 6.61 Å². The summed E-state index contributed by atoms with van der Waals surface area (Å²) in [5.41, 5.74) is 10.3. The van der Waals surface area contributed by atoms with E-state index in [-0.39, 0.29) is 11.8 Å². The Hall–Kier alpha value is -4.14. The highest BCUT2D eigenvalue weighted by Gasteiger charge is 2.17. The number of rotatable bonds is 13. The van der Waals surface area contributed by atoms with Gasteiger partial charge in [0.15, 0.2) is 5.78 Å². The predicted molar refractivity (Wildman–Crippen MR) is 182 cm³/mol. The molecule has 4 heteroatoms. The number of unbranched alkanes of at least 4 members (excludes halogenated alkanes) is 5. The Morgan fingerprint density at radius 1 is 0.837 bits per heavy atom. The maximum atomic E-state index is 13.4. The fraction of sp³-hybridized carbons (Fsp3) is 0.359. The normalized spacial score (nSPS) is 10.6. The summed E-state index contributed by atoms with van der Waals surface area (Å²) in [6, 6.07) is 19.9. The largest absolute Gasteiger partial charge is 0.466 e. The Bertz CT molecular complexity index is 1630. The molecule has 4 nitrogen and oxygen atoms in total. The Labute approximate surface area is 257 Å². The molecule has 226 valence electrons. The number of fused-ring (bicyclic) bond motifs is 3. The number of benzene rings is 3. The van der Waals surface area contributed by atoms with Crippen LogP contribution < -0.4 is 0 Å². The van der Waals surface area contributed by atoms with E-state index in [1.807, 2.05) is 70.2 Å². The molecule has 1 aromatic heterocycles. The highest BCUT2D eigenvalue weighted by Crippen LogP contribution is 2.33. The van der Waals surface area contributed by atoms with Crippen molar-refractivity contribution >= 4 is 39.1 Å². The Morgan fingerprint density at radius 3 is 2.02 bits per heavy atom. The molecule has 4 rings (SSSR count). The number of hydrogen-bond donors (Lipinski definition) is 0. The van der Waals surface area contributed by atoms with Crippen molar-refractivity contribution in [3.05, 3.63) is 107 Å². The van der Waals surface area contributed by atoms with E-state index < -0.39 is 0 Å². The maximum Gasteiger partial charge on any atom is 0.307 e. The van der Waals surface area contributed by atoms with E-state index in [0.29, 0.717) is 30.7 Å². The summed E-state index contributed by atoms with van der Waals surface area (Å²) < 4.78 is 7.69. The van der Waals surface area contributed by atoms with Crippen molar-refractivity contribution < 1.29 is 14.3 Å². The maximum absolute atomic E-state index is 13.4. The first-order chi connectivity index (χ1) is 20.7. The highest BCUT2D eigenvalue weighted by atomic mass is 16.5. The van der Waals surface area contributed by atoms with E-state index in [0.717, 1.165) is 56.9 Å². The minimum atomic E-state index is -0.168. The summed E-state index contributed by atoms with van der Waals surface area (Å²) in [6.07, 6.45) is 7.29. The van der Waals surface area contributed by atoms with Gasteiger partial charge in [0, 0.05) is 39.5 Å². The zero-order valence-electron chi connectivity index (χ0n) is 26.7. The predicted octanol–water partition coefficient (Wildman–Crippen LogP) is 10.4. The Kier molecular flexibility index (Phi) is 12.8. The number of aryl methyl sites for hydroxylation is 2. The molecule has 1 heterocycles. The van der Waals surface area contributed by atoms with Gasteiger partial charge < -0.3 is 9.30 Å². The average molecular weight is 578 g/mol. The Balaban J connectivity index is 0.000000934. The second-order valence-corrected chi connectivity index (χ2v) is 11.5. The molecule has 0 spiro atoms. The molecule has 0 radical (unpaired) electrons. The topological polar surface area (TPSA) is 48.3 Å². The number of aromatic nitrogens is 1. The first-order valence-electron chi connectivity index (χ1n) is 15.5. The van der Waals surface area contributed by atoms with Crippen LogP contribution in [0.3, 0.4) is 0 Å². The van der Waals surface area contributed by atoms with Crippen LogP contribution in [0.2, 0.25) is 0 Å². The van der Waals surface area contributed by atoms with Crippen molar-refractivity contribution in [2.24, 2.45) is 0 Å². The molecule has 0 amide bonds. The molecule has 0 aliphatic rings. The molecule has 0 unspecified atom stereocenters. The molecule has 43 heavy (non-hydrogen) atoms. The lowest BCUT2D eigenvalue weighted by molar-refractivity contribution is -0.144. The lowest BCUT2D eigenvalue weighted by Gasteiger charge is -2.09. The molecular formula is C39H47NO3. The van der Waals surface area contributed by atoms with Gasteiger partial charge in [-0.3, -0.25) is 9.59 Å². The summed E-state index contributed by atoms with van der Waals surface area (Å²) in [5.74, 6) is -0.154. The monoisotopic (exact) mass is 577 g/mol. The van der Waals surface area contributed by atoms with Crippen LogP contribution in [-0.2, 0) is 16.1 Å². The van der Waals surface area contributed by atoms with Gasteiger partial charge in [-0.15, -0.1) is 5.73 Å². The van der Waals surface area contributed by atoms with E-state index in [2.05, 4.69) is 48.6 Å². The van der Waals surface area contributed by atoms with Crippen LogP contribution in [0.4, 0.5) is 0 Å². The summed E-state index contributed by atoms with van der Waals surface area (Å²) in [7, 11) is 0. The summed E-state index contributed by atoms with van der Waals surface area (Å²) in [4.78, 5) is 25.9. The van der Waals surface area contributed by atoms with Crippen molar-refractivity contribution in [2.45, 2.75) is 86.1 Å². The summed E-state index contributed by atoms with van der Waals surface area (Å²) >= 11 is 0. The van der Waals surface area contributed by atoms with Gasteiger partial charge in [-0.25, -0.2) is 0 Å². The lowest BCUT2D eigenvalue weighted by Crippen LogP contribution is -2.10. The van der Waals surface area contributed by atoms with Crippen molar-refractivity contribution in [3.8, 4) is 0 Å². The van der Waals surface area contributed by atoms with Crippen LogP contribution >= 0.6 is 0 Å². The van der Waals surface area contributed by atoms with Gasteiger partial charge in [0.1, 0.15) is 0 Å². The second kappa shape index (κ2) is 16.5. The van der Waals surface area contributed by atoms with Crippen LogP contribution in [0.15, 0.2) is 85.1 Å². The van der Waals surface area contributed by atoms with Gasteiger partial charge in [0.25, 0.3) is 0 Å². The first kappa shape index (κ1) is 33.4. The molecule has 4 aromatic rings. The summed E-state index contributed by atoms with van der Waals surface area (Å²) in [5, 5.41) is 2.06. The summed E-state index contributed by atoms with van der Waals surface area (Å²) in [6.45, 7) is 18.6. The number of esters is 1. The molecule has 0 fully saturated rings. The number of carbonyl (C=O) groups excluding carboxylic acids is 2. The zero-order valence-corrected chi connectivity index (χ0v) is 26.7. The lowest BCUT2D eigenvalue weighted by atomic mass is 9.97. The van der Waals surface area contributed by atoms with Crippen LogP contribution in [0, 0.1) is 6.92 Å². The fourth-order valence-electron chi connectivity index (χ4n) is 5.08. The van der Waals surface area contributed by atoms with Gasteiger partial charge in [-0.2, -0.15) is 0 Å². The zero-order chi connectivity index (χ0) is 31.4. The van der Waals surface area contributed by atoms with Gasteiger partial charge in [0.2, 0.25) is 0 Å². The van der Waals surface area contributed by atoms with Gasteiger partial charge in [-0.05, 0) is 81.1 Å². The number of ketones is 1. The third-order valence-corrected chi connectivity index (χ3v) is 7.66. The Morgan fingerprint density at radius 2 is 1.42 bits per heavy atom. The van der Waals surface area contributed by atoms with E-state index in [9.17, 15) is 9.59 Å². The van der Waals surface area contributed by atoms with Crippen molar-refractivity contribution in [3.63, 3.8) is 0 Å². The van der Waals surface area contributed by atoms with Crippen LogP contribution in [0.1, 0.15) is 99.7 Å². The fourth-order valence-corrected chi connectivity index (χ4v) is 5.08. The van der Waals surface area contributed by atoms with Crippen LogP contribution in [0.5, 0.6) is 0 Å². The van der Waals surface area contributed by atoms with Crippen molar-refractivity contribution in [1.82, 2.24) is 4.57 Å². The molecule has 0 atom stereocenters. The standard InChI is InChI=1S/C34H39NO3.C5H8/c1-5-6-7-8-9-12-21-38-33(36)19-20-35-31-17-15-26(24(2)3)22-29(31)30-23-27(16-18-32(30)35)34(37)28-14-11-10-13-25(28)4;1-4-5(2)3/h10-11,13-18,22-23H,2,5-9,12,19-21H2,1,3-4H3;1H2,2-3H3. The molecule has 0 aliphatic heterocycles. The van der Waals surface area contributed by atoms with Crippen LogP contribution in [-0.4, -0.2) is 22.9 Å². The number of hydrogen-bond acceptors (Lipinski definition) is 3. The van der Waals surface area contributed by atoms with Gasteiger partial charge >= 0.3 is 5.97 Å². The number of ether oxygens (including phenoxy) is 1.